The first-order chi connectivity index (χ1) is 14.0. The molecule has 2 aliphatic rings. The lowest BCUT2D eigenvalue weighted by atomic mass is 9.83. The molecular weight excluding hydrogens is 376 g/mol. The molecule has 7 heteroatoms. The summed E-state index contributed by atoms with van der Waals surface area (Å²) in [4.78, 5) is 19.0. The van der Waals surface area contributed by atoms with Crippen molar-refractivity contribution in [3.05, 3.63) is 75.5 Å². The second-order valence-corrected chi connectivity index (χ2v) is 8.04. The number of nitrogens with zero attached hydrogens (tertiary/aromatic N) is 3. The van der Waals surface area contributed by atoms with Crippen LogP contribution in [0.3, 0.4) is 0 Å². The molecule has 1 aromatic carbocycles. The number of pyridine rings is 1. The molecule has 29 heavy (non-hydrogen) atoms. The summed E-state index contributed by atoms with van der Waals surface area (Å²) in [6.07, 6.45) is 1.09. The maximum atomic E-state index is 14.1. The van der Waals surface area contributed by atoms with Gasteiger partial charge in [-0.2, -0.15) is 0 Å². The average Bonchev–Trinajstić information content (AvgIpc) is 3.03. The summed E-state index contributed by atoms with van der Waals surface area (Å²) in [5, 5.41) is 0. The summed E-state index contributed by atoms with van der Waals surface area (Å²) >= 11 is 0. The highest BCUT2D eigenvalue weighted by Gasteiger charge is 2.34. The lowest BCUT2D eigenvalue weighted by molar-refractivity contribution is 0.113. The van der Waals surface area contributed by atoms with Crippen LogP contribution in [-0.2, 0) is 13.1 Å². The molecule has 2 aromatic heterocycles. The van der Waals surface area contributed by atoms with Gasteiger partial charge in [0.05, 0.1) is 11.3 Å². The summed E-state index contributed by atoms with van der Waals surface area (Å²) < 4.78 is 34.9. The number of oxazole rings is 1. The summed E-state index contributed by atoms with van der Waals surface area (Å²) in [6, 6.07) is 8.88. The monoisotopic (exact) mass is 397 g/mol. The molecule has 0 N–H and O–H groups in total. The summed E-state index contributed by atoms with van der Waals surface area (Å²) in [5.41, 5.74) is 2.09. The number of aromatic nitrogens is 2. The van der Waals surface area contributed by atoms with Gasteiger partial charge in [-0.1, -0.05) is 6.07 Å². The van der Waals surface area contributed by atoms with Crippen LogP contribution in [0.25, 0.3) is 11.5 Å². The fraction of sp³-hybridized carbons (Fsp3) is 0.364. The van der Waals surface area contributed by atoms with E-state index in [-0.39, 0.29) is 17.0 Å². The first-order valence-corrected chi connectivity index (χ1v) is 9.82. The predicted octanol–water partition coefficient (Wildman–Crippen LogP) is 3.71. The molecule has 1 fully saturated rings. The molecule has 4 heterocycles. The predicted molar refractivity (Wildman–Crippen MR) is 103 cm³/mol. The Bertz CT molecular complexity index is 1140. The highest BCUT2D eigenvalue weighted by atomic mass is 19.1. The van der Waals surface area contributed by atoms with Crippen LogP contribution in [0.5, 0.6) is 0 Å². The van der Waals surface area contributed by atoms with Crippen LogP contribution in [0, 0.1) is 24.5 Å². The zero-order valence-corrected chi connectivity index (χ0v) is 16.1. The normalized spacial score (nSPS) is 21.2. The van der Waals surface area contributed by atoms with Crippen molar-refractivity contribution in [2.24, 2.45) is 5.92 Å². The van der Waals surface area contributed by atoms with E-state index in [0.717, 1.165) is 43.5 Å². The summed E-state index contributed by atoms with van der Waals surface area (Å²) in [7, 11) is 0. The van der Waals surface area contributed by atoms with Crippen molar-refractivity contribution in [3.63, 3.8) is 0 Å². The van der Waals surface area contributed by atoms with E-state index in [2.05, 4.69) is 9.88 Å². The van der Waals surface area contributed by atoms with Gasteiger partial charge in [0, 0.05) is 49.9 Å². The molecular formula is C22H21F2N3O2. The van der Waals surface area contributed by atoms with Gasteiger partial charge in [-0.15, -0.1) is 0 Å². The second kappa shape index (κ2) is 6.91. The van der Waals surface area contributed by atoms with Crippen molar-refractivity contribution >= 4 is 0 Å². The number of fused-ring (bicyclic) bond motifs is 4. The van der Waals surface area contributed by atoms with Gasteiger partial charge < -0.3 is 8.98 Å². The molecule has 3 aromatic rings. The molecule has 0 aliphatic carbocycles. The van der Waals surface area contributed by atoms with E-state index in [0.29, 0.717) is 24.1 Å². The quantitative estimate of drug-likeness (QED) is 0.676. The standard InChI is InChI=1S/C22H21F2N3O2/c1-13-19(25-22(29-13)17-6-5-16(23)8-18(17)24)12-26-9-14-7-15(11-26)20-3-2-4-21(28)27(20)10-14/h2-6,8,14-15H,7,9-12H2,1H3/t14-,15+/m0/s1. The third-order valence-corrected chi connectivity index (χ3v) is 5.98. The van der Waals surface area contributed by atoms with Crippen LogP contribution in [0.15, 0.2) is 45.6 Å². The highest BCUT2D eigenvalue weighted by molar-refractivity contribution is 5.54. The minimum atomic E-state index is -0.688. The van der Waals surface area contributed by atoms with Crippen molar-refractivity contribution in [1.29, 1.82) is 0 Å². The zero-order valence-electron chi connectivity index (χ0n) is 16.1. The van der Waals surface area contributed by atoms with E-state index in [1.54, 1.807) is 6.07 Å². The first-order valence-electron chi connectivity index (χ1n) is 9.82. The Morgan fingerprint density at radius 3 is 2.86 bits per heavy atom. The van der Waals surface area contributed by atoms with Crippen molar-refractivity contribution < 1.29 is 13.2 Å². The van der Waals surface area contributed by atoms with Gasteiger partial charge in [0.1, 0.15) is 17.4 Å². The zero-order chi connectivity index (χ0) is 20.1. The van der Waals surface area contributed by atoms with E-state index < -0.39 is 11.6 Å². The number of hydrogen-bond acceptors (Lipinski definition) is 4. The van der Waals surface area contributed by atoms with E-state index in [1.807, 2.05) is 23.6 Å². The van der Waals surface area contributed by atoms with Crippen molar-refractivity contribution in [3.8, 4) is 11.5 Å². The third-order valence-electron chi connectivity index (χ3n) is 5.98. The Labute approximate surface area is 166 Å². The molecule has 2 bridgehead atoms. The van der Waals surface area contributed by atoms with Gasteiger partial charge in [0.2, 0.25) is 5.89 Å². The number of likely N-dealkylation sites (tertiary alicyclic amines) is 1. The smallest absolute Gasteiger partial charge is 0.250 e. The molecule has 2 atom stereocenters. The number of hydrogen-bond donors (Lipinski definition) is 0. The molecule has 0 unspecified atom stereocenters. The van der Waals surface area contributed by atoms with Gasteiger partial charge >= 0.3 is 0 Å². The van der Waals surface area contributed by atoms with E-state index in [9.17, 15) is 13.6 Å². The molecule has 0 amide bonds. The van der Waals surface area contributed by atoms with Crippen molar-refractivity contribution in [2.75, 3.05) is 13.1 Å². The van der Waals surface area contributed by atoms with Gasteiger partial charge in [0.25, 0.3) is 5.56 Å². The number of aryl methyl sites for hydroxylation is 1. The van der Waals surface area contributed by atoms with Gasteiger partial charge in [-0.05, 0) is 37.5 Å². The third kappa shape index (κ3) is 3.29. The van der Waals surface area contributed by atoms with Crippen LogP contribution in [0.4, 0.5) is 8.78 Å². The van der Waals surface area contributed by atoms with Crippen molar-refractivity contribution in [2.45, 2.75) is 32.4 Å². The van der Waals surface area contributed by atoms with Crippen LogP contribution < -0.4 is 5.56 Å². The topological polar surface area (TPSA) is 51.3 Å². The highest BCUT2D eigenvalue weighted by Crippen LogP contribution is 2.36. The van der Waals surface area contributed by atoms with E-state index in [1.165, 1.54) is 12.1 Å². The summed E-state index contributed by atoms with van der Waals surface area (Å²) in [6.45, 7) is 4.87. The fourth-order valence-corrected chi connectivity index (χ4v) is 4.69. The maximum Gasteiger partial charge on any atom is 0.250 e. The summed E-state index contributed by atoms with van der Waals surface area (Å²) in [5.74, 6) is 0.224. The lowest BCUT2D eigenvalue weighted by Gasteiger charge is -2.42. The fourth-order valence-electron chi connectivity index (χ4n) is 4.69. The van der Waals surface area contributed by atoms with Crippen LogP contribution in [-0.4, -0.2) is 27.5 Å². The van der Waals surface area contributed by atoms with Gasteiger partial charge in [0.15, 0.2) is 0 Å². The minimum absolute atomic E-state index is 0.0731. The molecule has 0 saturated carbocycles. The number of piperidine rings is 1. The second-order valence-electron chi connectivity index (χ2n) is 8.04. The van der Waals surface area contributed by atoms with E-state index in [4.69, 9.17) is 4.42 Å². The minimum Gasteiger partial charge on any atom is -0.441 e. The molecule has 1 saturated heterocycles. The maximum absolute atomic E-state index is 14.1. The molecule has 0 radical (unpaired) electrons. The molecule has 5 rings (SSSR count). The Hall–Kier alpha value is -2.80. The van der Waals surface area contributed by atoms with Gasteiger partial charge in [-0.25, -0.2) is 13.8 Å². The Kier molecular flexibility index (Phi) is 4.35. The molecule has 2 aliphatic heterocycles. The van der Waals surface area contributed by atoms with E-state index >= 15 is 0 Å². The first kappa shape index (κ1) is 18.2. The Morgan fingerprint density at radius 2 is 2.03 bits per heavy atom. The lowest BCUT2D eigenvalue weighted by Crippen LogP contribution is -2.46. The number of benzene rings is 1. The van der Waals surface area contributed by atoms with Crippen LogP contribution in [0.2, 0.25) is 0 Å². The number of rotatable bonds is 3. The largest absolute Gasteiger partial charge is 0.441 e. The Morgan fingerprint density at radius 1 is 1.17 bits per heavy atom. The molecule has 5 nitrogen and oxygen atoms in total. The van der Waals surface area contributed by atoms with Crippen molar-refractivity contribution in [1.82, 2.24) is 14.5 Å². The number of halogens is 2. The van der Waals surface area contributed by atoms with Gasteiger partial charge in [-0.3, -0.25) is 9.69 Å². The molecule has 0 spiro atoms. The van der Waals surface area contributed by atoms with Crippen LogP contribution in [0.1, 0.15) is 29.5 Å². The van der Waals surface area contributed by atoms with Crippen LogP contribution >= 0.6 is 0 Å². The average molecular weight is 397 g/mol. The SMILES string of the molecule is Cc1oc(-c2ccc(F)cc2F)nc1CN1C[C@@H]2C[C@H](C1)c1cccc(=O)n1C2. The molecule has 150 valence electrons. The Balaban J connectivity index is 1.38.